The molecule has 2 aromatic rings. The lowest BCUT2D eigenvalue weighted by Gasteiger charge is -2.35. The molecule has 0 radical (unpaired) electrons. The molecule has 46 heavy (non-hydrogen) atoms. The Morgan fingerprint density at radius 2 is 1.74 bits per heavy atom. The number of aromatic nitrogens is 1. The number of methoxy groups -OCH3 is 2. The van der Waals surface area contributed by atoms with Crippen molar-refractivity contribution in [3.63, 3.8) is 0 Å². The van der Waals surface area contributed by atoms with Crippen molar-refractivity contribution in [2.75, 3.05) is 73.3 Å². The highest BCUT2D eigenvalue weighted by Gasteiger charge is 2.33. The Kier molecular flexibility index (Phi) is 14.7. The third-order valence-corrected chi connectivity index (χ3v) is 9.59. The maximum Gasteiger partial charge on any atom is 0.318 e. The monoisotopic (exact) mass is 677 g/mol. The number of benzene rings is 1. The zero-order valence-electron chi connectivity index (χ0n) is 27.4. The Morgan fingerprint density at radius 3 is 2.37 bits per heavy atom. The van der Waals surface area contributed by atoms with Gasteiger partial charge < -0.3 is 29.3 Å². The van der Waals surface area contributed by atoms with E-state index in [1.807, 2.05) is 23.2 Å². The number of halogens is 2. The van der Waals surface area contributed by atoms with Gasteiger partial charge in [0.2, 0.25) is 5.91 Å². The highest BCUT2D eigenvalue weighted by Crippen LogP contribution is 2.33. The fraction of sp³-hybridized carbons (Fsp3) is 0.618. The predicted octanol–water partition coefficient (Wildman–Crippen LogP) is 5.26. The van der Waals surface area contributed by atoms with Crippen molar-refractivity contribution in [1.29, 1.82) is 0 Å². The molecule has 254 valence electrons. The van der Waals surface area contributed by atoms with Crippen LogP contribution in [0.15, 0.2) is 36.5 Å². The van der Waals surface area contributed by atoms with Gasteiger partial charge in [0.1, 0.15) is 18.4 Å². The van der Waals surface area contributed by atoms with Crippen molar-refractivity contribution in [2.24, 2.45) is 0 Å². The second-order valence-corrected chi connectivity index (χ2v) is 12.9. The average Bonchev–Trinajstić information content (AvgIpc) is 3.61. The van der Waals surface area contributed by atoms with E-state index in [0.29, 0.717) is 62.1 Å². The van der Waals surface area contributed by atoms with Gasteiger partial charge in [0, 0.05) is 75.0 Å². The number of carbonyl (C=O) groups excluding carboxylic acids is 2. The third-order valence-electron chi connectivity index (χ3n) is 9.01. The van der Waals surface area contributed by atoms with Gasteiger partial charge in [0.05, 0.1) is 18.9 Å². The van der Waals surface area contributed by atoms with Crippen LogP contribution in [0.3, 0.4) is 0 Å². The van der Waals surface area contributed by atoms with Gasteiger partial charge in [-0.05, 0) is 75.0 Å². The summed E-state index contributed by atoms with van der Waals surface area (Å²) >= 11 is 12.6. The van der Waals surface area contributed by atoms with Crippen molar-refractivity contribution in [3.05, 3.63) is 57.8 Å². The molecular formula is C34H49Cl2N5O5. The molecule has 1 aromatic heterocycles. The van der Waals surface area contributed by atoms with E-state index in [2.05, 4.69) is 17.1 Å². The van der Waals surface area contributed by atoms with E-state index >= 15 is 0 Å². The van der Waals surface area contributed by atoms with Crippen LogP contribution in [-0.2, 0) is 20.7 Å². The summed E-state index contributed by atoms with van der Waals surface area (Å²) in [6, 6.07) is 8.34. The quantitative estimate of drug-likeness (QED) is 0.259. The molecule has 2 atom stereocenters. The molecule has 12 heteroatoms. The molecule has 2 aliphatic heterocycles. The summed E-state index contributed by atoms with van der Waals surface area (Å²) in [7, 11) is 3.17. The summed E-state index contributed by atoms with van der Waals surface area (Å²) in [6.45, 7) is 7.69. The first kappa shape index (κ1) is 36.2. The molecule has 2 fully saturated rings. The predicted molar refractivity (Wildman–Crippen MR) is 181 cm³/mol. The van der Waals surface area contributed by atoms with Crippen LogP contribution in [0.1, 0.15) is 56.2 Å². The normalized spacial score (nSPS) is 17.1. The van der Waals surface area contributed by atoms with Crippen LogP contribution in [0, 0.1) is 0 Å². The summed E-state index contributed by atoms with van der Waals surface area (Å²) in [5.74, 6) is 0.856. The van der Waals surface area contributed by atoms with E-state index in [-0.39, 0.29) is 24.3 Å². The molecule has 0 unspecified atom stereocenters. The lowest BCUT2D eigenvalue weighted by atomic mass is 9.91. The van der Waals surface area contributed by atoms with E-state index in [9.17, 15) is 9.59 Å². The third kappa shape index (κ3) is 10.2. The lowest BCUT2D eigenvalue weighted by Crippen LogP contribution is -2.55. The highest BCUT2D eigenvalue weighted by molar-refractivity contribution is 6.35. The SMILES string of the molecule is CC[C@H](COc1cccnc1C1CCN(C(=O)[C@@H](Cc2ccc(Cl)cc2Cl)NC(=O)N(CCOC)CCOC)CC1)N1CCCC1. The average molecular weight is 679 g/mol. The minimum absolute atomic E-state index is 0.148. The molecule has 2 aliphatic rings. The van der Waals surface area contributed by atoms with Crippen molar-refractivity contribution >= 4 is 35.1 Å². The van der Waals surface area contributed by atoms with E-state index in [1.54, 1.807) is 37.3 Å². The molecular weight excluding hydrogens is 629 g/mol. The number of carbonyl (C=O) groups is 2. The minimum atomic E-state index is -0.819. The van der Waals surface area contributed by atoms with Crippen LogP contribution < -0.4 is 10.1 Å². The number of nitrogens with zero attached hydrogens (tertiary/aromatic N) is 4. The minimum Gasteiger partial charge on any atom is -0.490 e. The first-order valence-corrected chi connectivity index (χ1v) is 17.2. The number of nitrogens with one attached hydrogen (secondary N) is 1. The van der Waals surface area contributed by atoms with Crippen LogP contribution in [0.5, 0.6) is 5.75 Å². The van der Waals surface area contributed by atoms with Crippen molar-refractivity contribution in [3.8, 4) is 5.75 Å². The largest absolute Gasteiger partial charge is 0.490 e. The van der Waals surface area contributed by atoms with Gasteiger partial charge >= 0.3 is 6.03 Å². The first-order valence-electron chi connectivity index (χ1n) is 16.4. The van der Waals surface area contributed by atoms with Gasteiger partial charge in [-0.2, -0.15) is 0 Å². The van der Waals surface area contributed by atoms with Crippen LogP contribution >= 0.6 is 23.2 Å². The molecule has 1 N–H and O–H groups in total. The molecule has 10 nitrogen and oxygen atoms in total. The van der Waals surface area contributed by atoms with Crippen molar-refractivity contribution in [2.45, 2.75) is 63.5 Å². The molecule has 2 saturated heterocycles. The van der Waals surface area contributed by atoms with Crippen molar-refractivity contribution in [1.82, 2.24) is 25.0 Å². The van der Waals surface area contributed by atoms with Gasteiger partial charge in [0.15, 0.2) is 0 Å². The zero-order chi connectivity index (χ0) is 32.9. The second-order valence-electron chi connectivity index (χ2n) is 12.0. The summed E-state index contributed by atoms with van der Waals surface area (Å²) in [6.07, 6.45) is 7.10. The fourth-order valence-electron chi connectivity index (χ4n) is 6.26. The number of ether oxygens (including phenoxy) is 3. The van der Waals surface area contributed by atoms with E-state index in [0.717, 1.165) is 49.4 Å². The second kappa shape index (κ2) is 18.6. The van der Waals surface area contributed by atoms with Crippen LogP contribution in [0.2, 0.25) is 10.0 Å². The van der Waals surface area contributed by atoms with E-state index in [1.165, 1.54) is 12.8 Å². The Labute approximate surface area is 283 Å². The van der Waals surface area contributed by atoms with Crippen LogP contribution in [0.25, 0.3) is 0 Å². The van der Waals surface area contributed by atoms with E-state index < -0.39 is 6.04 Å². The number of hydrogen-bond acceptors (Lipinski definition) is 7. The van der Waals surface area contributed by atoms with Gasteiger partial charge in [-0.3, -0.25) is 14.7 Å². The Morgan fingerprint density at radius 1 is 1.04 bits per heavy atom. The Balaban J connectivity index is 1.43. The number of rotatable bonds is 16. The van der Waals surface area contributed by atoms with Gasteiger partial charge in [-0.15, -0.1) is 0 Å². The highest BCUT2D eigenvalue weighted by atomic mass is 35.5. The van der Waals surface area contributed by atoms with Gasteiger partial charge in [0.25, 0.3) is 0 Å². The maximum atomic E-state index is 14.0. The van der Waals surface area contributed by atoms with Gasteiger partial charge in [-0.1, -0.05) is 36.2 Å². The summed E-state index contributed by atoms with van der Waals surface area (Å²) in [5.41, 5.74) is 1.69. The number of amides is 3. The summed E-state index contributed by atoms with van der Waals surface area (Å²) < 4.78 is 16.8. The lowest BCUT2D eigenvalue weighted by molar-refractivity contribution is -0.134. The van der Waals surface area contributed by atoms with Gasteiger partial charge in [-0.25, -0.2) is 4.79 Å². The molecule has 0 bridgehead atoms. The topological polar surface area (TPSA) is 96.5 Å². The summed E-state index contributed by atoms with van der Waals surface area (Å²) in [5, 5.41) is 3.94. The molecule has 4 rings (SSSR count). The molecule has 0 spiro atoms. The Hall–Kier alpha value is -2.63. The first-order chi connectivity index (χ1) is 22.3. The van der Waals surface area contributed by atoms with E-state index in [4.69, 9.17) is 42.4 Å². The smallest absolute Gasteiger partial charge is 0.318 e. The molecule has 0 aliphatic carbocycles. The zero-order valence-corrected chi connectivity index (χ0v) is 28.9. The van der Waals surface area contributed by atoms with Crippen LogP contribution in [0.4, 0.5) is 4.79 Å². The molecule has 0 saturated carbocycles. The standard InChI is InChI=1S/C34H49Cl2N5O5/c1-4-28(39-14-5-6-15-39)24-46-31-8-7-13-37-32(31)25-11-16-40(17-12-25)33(42)30(22-26-9-10-27(35)23-29(26)36)38-34(43)41(18-20-44-2)19-21-45-3/h7-10,13,23,25,28,30H,4-6,11-12,14-22,24H2,1-3H3,(H,38,43)/t28-,30-/m1/s1. The summed E-state index contributed by atoms with van der Waals surface area (Å²) in [4.78, 5) is 38.2. The number of piperidine rings is 1. The number of likely N-dealkylation sites (tertiary alicyclic amines) is 2. The molecule has 1 aromatic carbocycles. The van der Waals surface area contributed by atoms with Crippen molar-refractivity contribution < 1.29 is 23.8 Å². The fourth-order valence-corrected chi connectivity index (χ4v) is 6.75. The number of pyridine rings is 1. The number of urea groups is 1. The van der Waals surface area contributed by atoms with Crippen LogP contribution in [-0.4, -0.2) is 117 Å². The maximum absolute atomic E-state index is 14.0. The Bertz CT molecular complexity index is 1250. The molecule has 3 amide bonds. The molecule has 3 heterocycles. The number of hydrogen-bond donors (Lipinski definition) is 1.